The van der Waals surface area contributed by atoms with E-state index in [2.05, 4.69) is 106 Å². The van der Waals surface area contributed by atoms with E-state index in [-0.39, 0.29) is 0 Å². The van der Waals surface area contributed by atoms with Crippen LogP contribution >= 0.6 is 0 Å². The molecular formula is C32H34O2Si. The van der Waals surface area contributed by atoms with Gasteiger partial charge in [0.05, 0.1) is 13.7 Å². The number of hydrogen-bond acceptors (Lipinski definition) is 2. The summed E-state index contributed by atoms with van der Waals surface area (Å²) >= 11 is 0. The number of hydrogen-bond donors (Lipinski definition) is 0. The molecule has 0 saturated carbocycles. The first-order chi connectivity index (χ1) is 17.1. The molecule has 0 bridgehead atoms. The highest BCUT2D eigenvalue weighted by atomic mass is 28.3. The number of benzene rings is 4. The van der Waals surface area contributed by atoms with Gasteiger partial charge in [0, 0.05) is 0 Å². The number of ether oxygens (including phenoxy) is 2. The topological polar surface area (TPSA) is 18.5 Å². The SMILES string of the molecule is CCCCCOc1cc2c(cc1C)[Si](c1ccccc1)(c1ccccc1)c1cc(C)c(OC)cc1-2. The van der Waals surface area contributed by atoms with Crippen LogP contribution in [0.25, 0.3) is 11.1 Å². The van der Waals surface area contributed by atoms with Crippen LogP contribution in [0.2, 0.25) is 0 Å². The molecule has 0 saturated heterocycles. The lowest BCUT2D eigenvalue weighted by Gasteiger charge is -2.32. The van der Waals surface area contributed by atoms with Gasteiger partial charge in [-0.05, 0) is 75.4 Å². The summed E-state index contributed by atoms with van der Waals surface area (Å²) in [6, 6.07) is 31.6. The highest BCUT2D eigenvalue weighted by Crippen LogP contribution is 2.36. The van der Waals surface area contributed by atoms with Crippen molar-refractivity contribution in [3.8, 4) is 22.6 Å². The molecule has 0 amide bonds. The average Bonchev–Trinajstić information content (AvgIpc) is 3.15. The van der Waals surface area contributed by atoms with Crippen molar-refractivity contribution < 1.29 is 9.47 Å². The highest BCUT2D eigenvalue weighted by Gasteiger charge is 2.49. The number of unbranched alkanes of at least 4 members (excludes halogenated alkanes) is 2. The Balaban J connectivity index is 1.82. The minimum Gasteiger partial charge on any atom is -0.496 e. The predicted molar refractivity (Wildman–Crippen MR) is 150 cm³/mol. The van der Waals surface area contributed by atoms with Crippen molar-refractivity contribution in [3.05, 3.63) is 96.1 Å². The van der Waals surface area contributed by atoms with Gasteiger partial charge in [-0.25, -0.2) is 0 Å². The Morgan fingerprint density at radius 1 is 0.657 bits per heavy atom. The molecule has 0 N–H and O–H groups in total. The molecule has 0 spiro atoms. The lowest BCUT2D eigenvalue weighted by molar-refractivity contribution is 0.304. The second-order valence-electron chi connectivity index (χ2n) is 9.57. The largest absolute Gasteiger partial charge is 0.496 e. The first kappa shape index (κ1) is 23.4. The predicted octanol–water partition coefficient (Wildman–Crippen LogP) is 5.24. The van der Waals surface area contributed by atoms with Crippen LogP contribution in [0.15, 0.2) is 84.9 Å². The van der Waals surface area contributed by atoms with Gasteiger partial charge in [0.15, 0.2) is 8.07 Å². The van der Waals surface area contributed by atoms with Gasteiger partial charge in [-0.15, -0.1) is 0 Å². The van der Waals surface area contributed by atoms with Crippen LogP contribution < -0.4 is 30.2 Å². The molecule has 0 unspecified atom stereocenters. The molecule has 0 aliphatic carbocycles. The van der Waals surface area contributed by atoms with Gasteiger partial charge < -0.3 is 9.47 Å². The molecule has 1 aliphatic heterocycles. The maximum atomic E-state index is 6.32. The summed E-state index contributed by atoms with van der Waals surface area (Å²) in [5, 5.41) is 5.69. The molecule has 2 nitrogen and oxygen atoms in total. The summed E-state index contributed by atoms with van der Waals surface area (Å²) in [5.41, 5.74) is 4.95. The quantitative estimate of drug-likeness (QED) is 0.224. The average molecular weight is 479 g/mol. The van der Waals surface area contributed by atoms with Gasteiger partial charge in [0.2, 0.25) is 0 Å². The second kappa shape index (κ2) is 9.75. The fourth-order valence-electron chi connectivity index (χ4n) is 5.66. The monoisotopic (exact) mass is 478 g/mol. The molecule has 0 aromatic heterocycles. The van der Waals surface area contributed by atoms with E-state index in [1.807, 2.05) is 0 Å². The van der Waals surface area contributed by atoms with Gasteiger partial charge >= 0.3 is 0 Å². The van der Waals surface area contributed by atoms with E-state index >= 15 is 0 Å². The summed E-state index contributed by atoms with van der Waals surface area (Å²) < 4.78 is 12.1. The van der Waals surface area contributed by atoms with Crippen LogP contribution in [0.1, 0.15) is 37.3 Å². The zero-order valence-corrected chi connectivity index (χ0v) is 22.2. The zero-order valence-electron chi connectivity index (χ0n) is 21.2. The molecule has 0 fully saturated rings. The summed E-state index contributed by atoms with van der Waals surface area (Å²) in [5.74, 6) is 1.93. The number of methoxy groups -OCH3 is 1. The van der Waals surface area contributed by atoms with E-state index < -0.39 is 8.07 Å². The maximum Gasteiger partial charge on any atom is 0.180 e. The molecule has 1 aliphatic rings. The van der Waals surface area contributed by atoms with Gasteiger partial charge in [0.1, 0.15) is 11.5 Å². The van der Waals surface area contributed by atoms with Crippen LogP contribution in [0, 0.1) is 13.8 Å². The Labute approximate surface area is 210 Å². The second-order valence-corrected chi connectivity index (χ2v) is 13.3. The van der Waals surface area contributed by atoms with Crippen LogP contribution in [0.5, 0.6) is 11.5 Å². The van der Waals surface area contributed by atoms with Crippen LogP contribution in [0.4, 0.5) is 0 Å². The van der Waals surface area contributed by atoms with Crippen LogP contribution in [-0.4, -0.2) is 21.8 Å². The fourth-order valence-corrected chi connectivity index (χ4v) is 11.0. The Bertz CT molecular complexity index is 1290. The third-order valence-corrected chi connectivity index (χ3v) is 12.2. The van der Waals surface area contributed by atoms with E-state index in [4.69, 9.17) is 9.47 Å². The fraction of sp³-hybridized carbons (Fsp3) is 0.250. The van der Waals surface area contributed by atoms with Crippen molar-refractivity contribution in [2.24, 2.45) is 0 Å². The molecule has 0 radical (unpaired) electrons. The summed E-state index contributed by atoms with van der Waals surface area (Å²) in [4.78, 5) is 0. The third kappa shape index (κ3) is 3.88. The van der Waals surface area contributed by atoms with Crippen LogP contribution in [0.3, 0.4) is 0 Å². The number of aryl methyl sites for hydroxylation is 2. The van der Waals surface area contributed by atoms with E-state index in [1.54, 1.807) is 7.11 Å². The Morgan fingerprint density at radius 3 is 1.69 bits per heavy atom. The Kier molecular flexibility index (Phi) is 6.53. The van der Waals surface area contributed by atoms with Crippen molar-refractivity contribution in [1.29, 1.82) is 0 Å². The highest BCUT2D eigenvalue weighted by molar-refractivity contribution is 7.22. The molecular weight excluding hydrogens is 444 g/mol. The smallest absolute Gasteiger partial charge is 0.180 e. The lowest BCUT2D eigenvalue weighted by atomic mass is 10.0. The van der Waals surface area contributed by atoms with Crippen molar-refractivity contribution in [2.75, 3.05) is 13.7 Å². The van der Waals surface area contributed by atoms with Gasteiger partial charge in [-0.3, -0.25) is 0 Å². The lowest BCUT2D eigenvalue weighted by Crippen LogP contribution is -2.72. The first-order valence-corrected chi connectivity index (χ1v) is 14.7. The molecule has 35 heavy (non-hydrogen) atoms. The maximum absolute atomic E-state index is 6.32. The van der Waals surface area contributed by atoms with Gasteiger partial charge in [0.25, 0.3) is 0 Å². The Morgan fingerprint density at radius 2 is 1.17 bits per heavy atom. The first-order valence-electron chi connectivity index (χ1n) is 12.7. The van der Waals surface area contributed by atoms with Crippen molar-refractivity contribution in [3.63, 3.8) is 0 Å². The normalized spacial score (nSPS) is 13.3. The Hall–Kier alpha value is -3.30. The number of fused-ring (bicyclic) bond motifs is 3. The summed E-state index contributed by atoms with van der Waals surface area (Å²) in [6.45, 7) is 7.34. The molecule has 3 heteroatoms. The van der Waals surface area contributed by atoms with E-state index in [1.165, 1.54) is 55.8 Å². The van der Waals surface area contributed by atoms with Crippen molar-refractivity contribution in [2.45, 2.75) is 40.0 Å². The summed E-state index contributed by atoms with van der Waals surface area (Å²) in [6.07, 6.45) is 3.48. The van der Waals surface area contributed by atoms with Crippen LogP contribution in [-0.2, 0) is 0 Å². The van der Waals surface area contributed by atoms with Gasteiger partial charge in [-0.1, -0.05) is 92.6 Å². The summed E-state index contributed by atoms with van der Waals surface area (Å²) in [7, 11) is -0.737. The standard InChI is InChI=1S/C32H34O2Si/c1-5-6-13-18-34-30-22-28-27-21-29(33-4)23(2)19-31(27)35(32(28)20-24(30)3,25-14-9-7-10-15-25)26-16-11-8-12-17-26/h7-12,14-17,19-22H,5-6,13,18H2,1-4H3. The number of rotatable bonds is 8. The molecule has 178 valence electrons. The molecule has 0 atom stereocenters. The molecule has 5 rings (SSSR count). The minimum atomic E-state index is -2.50. The van der Waals surface area contributed by atoms with E-state index in [9.17, 15) is 0 Å². The van der Waals surface area contributed by atoms with E-state index in [0.717, 1.165) is 24.5 Å². The third-order valence-electron chi connectivity index (χ3n) is 7.37. The van der Waals surface area contributed by atoms with Crippen molar-refractivity contribution >= 4 is 28.8 Å². The molecule has 1 heterocycles. The minimum absolute atomic E-state index is 0.761. The van der Waals surface area contributed by atoms with Gasteiger partial charge in [-0.2, -0.15) is 0 Å². The molecule has 4 aromatic carbocycles. The molecule has 4 aromatic rings. The zero-order chi connectivity index (χ0) is 24.4. The van der Waals surface area contributed by atoms with Crippen molar-refractivity contribution in [1.82, 2.24) is 0 Å². The van der Waals surface area contributed by atoms with E-state index in [0.29, 0.717) is 0 Å².